The van der Waals surface area contributed by atoms with Gasteiger partial charge in [0.15, 0.2) is 15.5 Å². The Morgan fingerprint density at radius 3 is 2.53 bits per heavy atom. The van der Waals surface area contributed by atoms with E-state index in [9.17, 15) is 18.0 Å². The molecule has 0 aromatic carbocycles. The Hall–Kier alpha value is -5.04. The maximum atomic E-state index is 13.0. The molecule has 0 saturated heterocycles. The Labute approximate surface area is 248 Å². The quantitative estimate of drug-likeness (QED) is 0.176. The number of allylic oxidation sites excluding steroid dienone is 1. The minimum absolute atomic E-state index is 0.0289. The van der Waals surface area contributed by atoms with Crippen LogP contribution in [0.5, 0.6) is 0 Å². The van der Waals surface area contributed by atoms with Gasteiger partial charge in [0.2, 0.25) is 11.6 Å². The molecule has 5 aromatic heterocycles. The summed E-state index contributed by atoms with van der Waals surface area (Å²) in [6.45, 7) is 3.50. The summed E-state index contributed by atoms with van der Waals surface area (Å²) in [7, 11) is -3.81. The Bertz CT molecular complexity index is 1900. The van der Waals surface area contributed by atoms with Crippen LogP contribution in [0.2, 0.25) is 0 Å². The number of nitrogen functional groups attached to an aromatic ring is 1. The molecule has 0 spiro atoms. The highest BCUT2D eigenvalue weighted by Gasteiger charge is 2.27. The second-order valence-electron chi connectivity index (χ2n) is 9.28. The third-order valence-electron chi connectivity index (χ3n) is 6.27. The number of H-pyrrole nitrogens is 2. The summed E-state index contributed by atoms with van der Waals surface area (Å²) in [4.78, 5) is 43.7. The molecule has 224 valence electrons. The van der Waals surface area contributed by atoms with Gasteiger partial charge in [-0.15, -0.1) is 11.3 Å². The van der Waals surface area contributed by atoms with Crippen LogP contribution in [0, 0.1) is 0 Å². The number of esters is 1. The first-order valence-corrected chi connectivity index (χ1v) is 15.4. The third kappa shape index (κ3) is 6.11. The third-order valence-corrected chi connectivity index (χ3v) is 8.46. The van der Waals surface area contributed by atoms with Crippen LogP contribution in [0.4, 0.5) is 5.82 Å². The van der Waals surface area contributed by atoms with E-state index in [4.69, 9.17) is 15.5 Å². The molecule has 43 heavy (non-hydrogen) atoms. The van der Waals surface area contributed by atoms with E-state index >= 15 is 0 Å². The smallest absolute Gasteiger partial charge is 0.376 e. The largest absolute Gasteiger partial charge is 0.452 e. The van der Waals surface area contributed by atoms with Gasteiger partial charge in [0.05, 0.1) is 22.3 Å². The van der Waals surface area contributed by atoms with E-state index in [0.717, 1.165) is 6.26 Å². The minimum atomic E-state index is -3.81. The number of aromatic amines is 2. The predicted octanol–water partition coefficient (Wildman–Crippen LogP) is 1.43. The van der Waals surface area contributed by atoms with E-state index in [1.54, 1.807) is 25.4 Å². The molecule has 1 amide bonds. The van der Waals surface area contributed by atoms with E-state index < -0.39 is 15.8 Å². The number of rotatable bonds is 11. The highest BCUT2D eigenvalue weighted by Crippen LogP contribution is 2.33. The van der Waals surface area contributed by atoms with Gasteiger partial charge in [0, 0.05) is 24.7 Å². The minimum Gasteiger partial charge on any atom is -0.452 e. The Balaban J connectivity index is 1.43. The van der Waals surface area contributed by atoms with E-state index in [1.165, 1.54) is 39.6 Å². The summed E-state index contributed by atoms with van der Waals surface area (Å²) in [5, 5.41) is 17.1. The number of nitrogens with two attached hydrogens (primary N) is 1. The first-order chi connectivity index (χ1) is 20.6. The molecule has 0 fully saturated rings. The number of carbonyl (C=O) groups is 2. The molecule has 0 aliphatic carbocycles. The molecule has 0 bridgehead atoms. The monoisotopic (exact) mass is 626 g/mol. The molecule has 0 aliphatic rings. The van der Waals surface area contributed by atoms with Crippen molar-refractivity contribution in [3.63, 3.8) is 0 Å². The van der Waals surface area contributed by atoms with E-state index in [1.807, 2.05) is 6.92 Å². The number of hydrogen-bond donors (Lipinski definition) is 3. The van der Waals surface area contributed by atoms with Gasteiger partial charge in [0.25, 0.3) is 5.91 Å². The second-order valence-corrected chi connectivity index (χ2v) is 12.4. The SMILES string of the molecule is C/C=C\N(C(=O)c1ncn[nH]1)[C@H](C)CCc1nc2c(-c3cnc(COC(=O)c4ncn[nH]4)s3)cnn2c(N)c1S(C)(=O)=O. The summed E-state index contributed by atoms with van der Waals surface area (Å²) < 4.78 is 32.2. The first kappa shape index (κ1) is 29.5. The Morgan fingerprint density at radius 2 is 1.88 bits per heavy atom. The average molecular weight is 627 g/mol. The number of nitrogens with zero attached hydrogens (tertiary/aromatic N) is 9. The first-order valence-electron chi connectivity index (χ1n) is 12.7. The number of amides is 1. The van der Waals surface area contributed by atoms with Crippen LogP contribution in [-0.2, 0) is 27.6 Å². The summed E-state index contributed by atoms with van der Waals surface area (Å²) in [6.07, 6.45) is 10.4. The van der Waals surface area contributed by atoms with Gasteiger partial charge in [0.1, 0.15) is 35.0 Å². The molecule has 0 saturated carbocycles. The van der Waals surface area contributed by atoms with E-state index in [-0.39, 0.29) is 53.0 Å². The lowest BCUT2D eigenvalue weighted by Gasteiger charge is -2.25. The molecule has 4 N–H and O–H groups in total. The fraction of sp³-hybridized carbons (Fsp3) is 0.292. The van der Waals surface area contributed by atoms with Crippen molar-refractivity contribution < 1.29 is 22.7 Å². The maximum Gasteiger partial charge on any atom is 0.376 e. The topological polar surface area (TPSA) is 233 Å². The number of sulfone groups is 1. The summed E-state index contributed by atoms with van der Waals surface area (Å²) in [5.74, 6) is -1.11. The van der Waals surface area contributed by atoms with Crippen LogP contribution in [0.25, 0.3) is 16.1 Å². The molecule has 0 aliphatic heterocycles. The van der Waals surface area contributed by atoms with Gasteiger partial charge < -0.3 is 15.4 Å². The molecule has 0 unspecified atom stereocenters. The Morgan fingerprint density at radius 1 is 1.16 bits per heavy atom. The molecule has 0 radical (unpaired) electrons. The lowest BCUT2D eigenvalue weighted by atomic mass is 10.1. The van der Waals surface area contributed by atoms with Crippen molar-refractivity contribution in [2.24, 2.45) is 0 Å². The number of fused-ring (bicyclic) bond motifs is 1. The van der Waals surface area contributed by atoms with Crippen LogP contribution in [0.3, 0.4) is 0 Å². The number of carbonyl (C=O) groups excluding carboxylic acids is 2. The van der Waals surface area contributed by atoms with E-state index in [2.05, 4.69) is 40.4 Å². The molecule has 5 heterocycles. The van der Waals surface area contributed by atoms with Crippen LogP contribution in [0.15, 0.2) is 42.2 Å². The van der Waals surface area contributed by atoms with Crippen molar-refractivity contribution in [2.45, 2.75) is 44.2 Å². The van der Waals surface area contributed by atoms with Crippen LogP contribution >= 0.6 is 11.3 Å². The fourth-order valence-corrected chi connectivity index (χ4v) is 6.17. The van der Waals surface area contributed by atoms with Gasteiger partial charge in [-0.1, -0.05) is 6.08 Å². The number of ether oxygens (including phenoxy) is 1. The van der Waals surface area contributed by atoms with Gasteiger partial charge >= 0.3 is 5.97 Å². The molecule has 17 nitrogen and oxygen atoms in total. The lowest BCUT2D eigenvalue weighted by Crippen LogP contribution is -2.35. The number of hydrogen-bond acceptors (Lipinski definition) is 14. The lowest BCUT2D eigenvalue weighted by molar-refractivity contribution is 0.0458. The molecule has 1 atom stereocenters. The standard InChI is InChI=1S/C24H26N12O5S2/c1-4-7-35(23(37)20-27-11-29-33-20)13(2)5-6-15-18(43(3,39)40)19(25)36-22(32-15)14(8-31-36)16-9-26-17(42-16)10-41-24(38)21-28-12-30-34-21/h4,7-9,11-13H,5-6,10,25H2,1-3H3,(H,27,29,33)(H,28,30,34)/b7-4-/t13-/m1/s1. The zero-order chi connectivity index (χ0) is 30.7. The molecule has 19 heteroatoms. The fourth-order valence-electron chi connectivity index (χ4n) is 4.29. The van der Waals surface area contributed by atoms with Gasteiger partial charge in [-0.05, 0) is 26.7 Å². The van der Waals surface area contributed by atoms with Crippen LogP contribution in [0.1, 0.15) is 52.2 Å². The van der Waals surface area contributed by atoms with Crippen molar-refractivity contribution in [3.05, 3.63) is 59.7 Å². The number of aryl methyl sites for hydroxylation is 1. The molecular weight excluding hydrogens is 600 g/mol. The van der Waals surface area contributed by atoms with Crippen LogP contribution < -0.4 is 5.73 Å². The number of anilines is 1. The van der Waals surface area contributed by atoms with Gasteiger partial charge in [-0.3, -0.25) is 15.0 Å². The number of aromatic nitrogens is 10. The highest BCUT2D eigenvalue weighted by atomic mass is 32.2. The molecular formula is C24H26N12O5S2. The highest BCUT2D eigenvalue weighted by molar-refractivity contribution is 7.91. The van der Waals surface area contributed by atoms with Crippen molar-refractivity contribution >= 4 is 44.5 Å². The zero-order valence-corrected chi connectivity index (χ0v) is 24.8. The van der Waals surface area contributed by atoms with Crippen molar-refractivity contribution in [1.29, 1.82) is 0 Å². The number of thiazole rings is 1. The van der Waals surface area contributed by atoms with Crippen molar-refractivity contribution in [2.75, 3.05) is 12.0 Å². The van der Waals surface area contributed by atoms with Crippen molar-refractivity contribution in [1.82, 2.24) is 54.8 Å². The van der Waals surface area contributed by atoms with Gasteiger partial charge in [-0.2, -0.15) is 19.8 Å². The molecule has 5 aromatic rings. The normalized spacial score (nSPS) is 12.6. The molecule has 5 rings (SSSR count). The summed E-state index contributed by atoms with van der Waals surface area (Å²) >= 11 is 1.24. The Kier molecular flexibility index (Phi) is 8.26. The van der Waals surface area contributed by atoms with Crippen molar-refractivity contribution in [3.8, 4) is 10.4 Å². The van der Waals surface area contributed by atoms with Crippen LogP contribution in [-0.4, -0.2) is 87.4 Å². The predicted molar refractivity (Wildman–Crippen MR) is 152 cm³/mol. The summed E-state index contributed by atoms with van der Waals surface area (Å²) in [5.41, 5.74) is 7.48. The summed E-state index contributed by atoms with van der Waals surface area (Å²) in [6, 6.07) is -0.367. The average Bonchev–Trinajstić information content (AvgIpc) is 3.79. The van der Waals surface area contributed by atoms with E-state index in [0.29, 0.717) is 27.5 Å². The zero-order valence-electron chi connectivity index (χ0n) is 23.1. The second kappa shape index (κ2) is 12.1. The van der Waals surface area contributed by atoms with Gasteiger partial charge in [-0.25, -0.2) is 33.1 Å². The maximum absolute atomic E-state index is 13.0. The number of nitrogens with one attached hydrogen (secondary N) is 2.